The zero-order chi connectivity index (χ0) is 14.0. The Morgan fingerprint density at radius 1 is 1.63 bits per heavy atom. The molecule has 0 aliphatic carbocycles. The number of nitrogens with one attached hydrogen (secondary N) is 1. The zero-order valence-corrected chi connectivity index (χ0v) is 11.8. The monoisotopic (exact) mass is 265 g/mol. The second-order valence-electron chi connectivity index (χ2n) is 5.26. The number of aryl methyl sites for hydroxylation is 1. The van der Waals surface area contributed by atoms with Crippen LogP contribution in [0.3, 0.4) is 0 Å². The summed E-state index contributed by atoms with van der Waals surface area (Å²) < 4.78 is 1.77. The Labute approximate surface area is 113 Å². The molecule has 6 nitrogen and oxygen atoms in total. The van der Waals surface area contributed by atoms with Crippen molar-refractivity contribution in [1.29, 1.82) is 0 Å². The molecule has 1 aromatic heterocycles. The van der Waals surface area contributed by atoms with Gasteiger partial charge in [-0.3, -0.25) is 14.4 Å². The van der Waals surface area contributed by atoms with Crippen LogP contribution in [-0.2, 0) is 11.8 Å². The van der Waals surface area contributed by atoms with Crippen LogP contribution in [0.5, 0.6) is 0 Å². The van der Waals surface area contributed by atoms with E-state index < -0.39 is 0 Å². The van der Waals surface area contributed by atoms with Gasteiger partial charge in [-0.2, -0.15) is 5.10 Å². The molecule has 0 aromatic carbocycles. The number of rotatable bonds is 4. The number of hydrogen-bond donors (Lipinski definition) is 2. The van der Waals surface area contributed by atoms with Gasteiger partial charge in [0.15, 0.2) is 0 Å². The van der Waals surface area contributed by atoms with E-state index in [1.54, 1.807) is 11.7 Å². The molecule has 1 aliphatic heterocycles. The minimum atomic E-state index is -0.0822. The third-order valence-electron chi connectivity index (χ3n) is 3.76. The maximum absolute atomic E-state index is 12.0. The number of carbonyl (C=O) groups is 1. The second-order valence-corrected chi connectivity index (χ2v) is 5.26. The van der Waals surface area contributed by atoms with E-state index in [-0.39, 0.29) is 24.0 Å². The minimum Gasteiger partial charge on any atom is -0.358 e. The summed E-state index contributed by atoms with van der Waals surface area (Å²) in [7, 11) is 3.58. The SMILES string of the molecule is CNC(=O)C1CCCN1C(c1cnn(C)c1)C(C)N. The Kier molecular flexibility index (Phi) is 4.21. The van der Waals surface area contributed by atoms with E-state index in [0.717, 1.165) is 24.9 Å². The highest BCUT2D eigenvalue weighted by Gasteiger charge is 2.37. The summed E-state index contributed by atoms with van der Waals surface area (Å²) >= 11 is 0. The smallest absolute Gasteiger partial charge is 0.237 e. The zero-order valence-electron chi connectivity index (χ0n) is 11.8. The topological polar surface area (TPSA) is 76.2 Å². The van der Waals surface area contributed by atoms with Gasteiger partial charge in [-0.15, -0.1) is 0 Å². The van der Waals surface area contributed by atoms with Crippen LogP contribution in [0.15, 0.2) is 12.4 Å². The number of likely N-dealkylation sites (tertiary alicyclic amines) is 1. The third kappa shape index (κ3) is 2.79. The molecule has 19 heavy (non-hydrogen) atoms. The summed E-state index contributed by atoms with van der Waals surface area (Å²) in [4.78, 5) is 14.2. The Morgan fingerprint density at radius 2 is 2.37 bits per heavy atom. The third-order valence-corrected chi connectivity index (χ3v) is 3.76. The first-order valence-corrected chi connectivity index (χ1v) is 6.76. The molecule has 1 aromatic rings. The van der Waals surface area contributed by atoms with Gasteiger partial charge in [0.2, 0.25) is 5.91 Å². The average molecular weight is 265 g/mol. The molecule has 3 unspecified atom stereocenters. The summed E-state index contributed by atoms with van der Waals surface area (Å²) in [5.74, 6) is 0.0760. The molecule has 0 saturated carbocycles. The van der Waals surface area contributed by atoms with Gasteiger partial charge in [-0.25, -0.2) is 0 Å². The molecule has 1 aliphatic rings. The lowest BCUT2D eigenvalue weighted by Gasteiger charge is -2.34. The maximum Gasteiger partial charge on any atom is 0.237 e. The molecular formula is C13H23N5O. The standard InChI is InChI=1S/C13H23N5O/c1-9(14)12(10-7-16-17(3)8-10)18-6-4-5-11(18)13(19)15-2/h7-9,11-12H,4-6,14H2,1-3H3,(H,15,19). The number of carbonyl (C=O) groups excluding carboxylic acids is 1. The molecule has 0 radical (unpaired) electrons. The molecule has 3 N–H and O–H groups in total. The highest BCUT2D eigenvalue weighted by molar-refractivity contribution is 5.81. The van der Waals surface area contributed by atoms with Gasteiger partial charge >= 0.3 is 0 Å². The fourth-order valence-electron chi connectivity index (χ4n) is 2.96. The van der Waals surface area contributed by atoms with Crippen LogP contribution < -0.4 is 11.1 Å². The van der Waals surface area contributed by atoms with Crippen LogP contribution >= 0.6 is 0 Å². The quantitative estimate of drug-likeness (QED) is 0.804. The molecule has 1 fully saturated rings. The lowest BCUT2D eigenvalue weighted by atomic mass is 10.0. The van der Waals surface area contributed by atoms with Crippen LogP contribution in [-0.4, -0.2) is 46.3 Å². The summed E-state index contributed by atoms with van der Waals surface area (Å²) in [5, 5.41) is 6.96. The predicted octanol–water partition coefficient (Wildman–Crippen LogP) is 0.0188. The molecule has 1 amide bonds. The van der Waals surface area contributed by atoms with Crippen molar-refractivity contribution < 1.29 is 4.79 Å². The van der Waals surface area contributed by atoms with Crippen LogP contribution in [0.4, 0.5) is 0 Å². The molecule has 3 atom stereocenters. The maximum atomic E-state index is 12.0. The van der Waals surface area contributed by atoms with Crippen molar-refractivity contribution >= 4 is 5.91 Å². The van der Waals surface area contributed by atoms with Crippen molar-refractivity contribution in [3.8, 4) is 0 Å². The predicted molar refractivity (Wildman–Crippen MR) is 73.4 cm³/mol. The molecule has 106 valence electrons. The van der Waals surface area contributed by atoms with Crippen LogP contribution in [0.2, 0.25) is 0 Å². The highest BCUT2D eigenvalue weighted by atomic mass is 16.2. The van der Waals surface area contributed by atoms with E-state index >= 15 is 0 Å². The first-order valence-electron chi connectivity index (χ1n) is 6.76. The second kappa shape index (κ2) is 5.71. The van der Waals surface area contributed by atoms with Gasteiger partial charge in [-0.1, -0.05) is 0 Å². The van der Waals surface area contributed by atoms with Crippen LogP contribution in [0.25, 0.3) is 0 Å². The van der Waals surface area contributed by atoms with Crippen molar-refractivity contribution in [1.82, 2.24) is 20.0 Å². The Bertz CT molecular complexity index is 442. The van der Waals surface area contributed by atoms with Gasteiger partial charge in [0.1, 0.15) is 0 Å². The van der Waals surface area contributed by atoms with E-state index in [4.69, 9.17) is 5.73 Å². The summed E-state index contributed by atoms with van der Waals surface area (Å²) in [6, 6.07) is -0.0887. The van der Waals surface area contributed by atoms with Gasteiger partial charge in [-0.05, 0) is 26.3 Å². The summed E-state index contributed by atoms with van der Waals surface area (Å²) in [5.41, 5.74) is 7.23. The van der Waals surface area contributed by atoms with E-state index in [2.05, 4.69) is 15.3 Å². The number of amides is 1. The van der Waals surface area contributed by atoms with Crippen molar-refractivity contribution in [2.45, 2.75) is 37.9 Å². The number of likely N-dealkylation sites (N-methyl/N-ethyl adjacent to an activating group) is 1. The van der Waals surface area contributed by atoms with Crippen molar-refractivity contribution in [3.05, 3.63) is 18.0 Å². The highest BCUT2D eigenvalue weighted by Crippen LogP contribution is 2.31. The fourth-order valence-corrected chi connectivity index (χ4v) is 2.96. The molecule has 0 bridgehead atoms. The Balaban J connectivity index is 2.26. The molecule has 6 heteroatoms. The lowest BCUT2D eigenvalue weighted by molar-refractivity contribution is -0.125. The summed E-state index contributed by atoms with van der Waals surface area (Å²) in [6.45, 7) is 2.89. The normalized spacial score (nSPS) is 23.3. The van der Waals surface area contributed by atoms with Crippen molar-refractivity contribution in [2.75, 3.05) is 13.6 Å². The van der Waals surface area contributed by atoms with Gasteiger partial charge in [0.05, 0.1) is 18.3 Å². The van der Waals surface area contributed by atoms with Crippen molar-refractivity contribution in [2.24, 2.45) is 12.8 Å². The number of hydrogen-bond acceptors (Lipinski definition) is 4. The molecular weight excluding hydrogens is 242 g/mol. The van der Waals surface area contributed by atoms with Crippen molar-refractivity contribution in [3.63, 3.8) is 0 Å². The van der Waals surface area contributed by atoms with Gasteiger partial charge in [0, 0.05) is 31.9 Å². The number of nitrogens with two attached hydrogens (primary N) is 1. The average Bonchev–Trinajstić information content (AvgIpc) is 2.98. The number of aromatic nitrogens is 2. The van der Waals surface area contributed by atoms with Gasteiger partial charge < -0.3 is 11.1 Å². The van der Waals surface area contributed by atoms with Gasteiger partial charge in [0.25, 0.3) is 0 Å². The van der Waals surface area contributed by atoms with E-state index in [1.165, 1.54) is 0 Å². The molecule has 2 heterocycles. The Morgan fingerprint density at radius 3 is 2.89 bits per heavy atom. The number of nitrogens with zero attached hydrogens (tertiary/aromatic N) is 3. The van der Waals surface area contributed by atoms with E-state index in [0.29, 0.717) is 0 Å². The first kappa shape index (κ1) is 14.0. The molecule has 0 spiro atoms. The lowest BCUT2D eigenvalue weighted by Crippen LogP contribution is -2.47. The van der Waals surface area contributed by atoms with Crippen LogP contribution in [0.1, 0.15) is 31.4 Å². The molecule has 1 saturated heterocycles. The molecule has 2 rings (SSSR count). The fraction of sp³-hybridized carbons (Fsp3) is 0.692. The van der Waals surface area contributed by atoms with Crippen LogP contribution in [0, 0.1) is 0 Å². The van der Waals surface area contributed by atoms with E-state index in [1.807, 2.05) is 26.4 Å². The largest absolute Gasteiger partial charge is 0.358 e. The Hall–Kier alpha value is -1.40. The first-order chi connectivity index (χ1) is 9.04. The minimum absolute atomic E-state index is 0.0403. The summed E-state index contributed by atoms with van der Waals surface area (Å²) in [6.07, 6.45) is 5.74. The van der Waals surface area contributed by atoms with E-state index in [9.17, 15) is 4.79 Å².